The third-order valence-corrected chi connectivity index (χ3v) is 4.13. The maximum atomic E-state index is 13.2. The summed E-state index contributed by atoms with van der Waals surface area (Å²) in [5.41, 5.74) is 0.397. The van der Waals surface area contributed by atoms with E-state index in [0.717, 1.165) is 0 Å². The van der Waals surface area contributed by atoms with E-state index >= 15 is 0 Å². The van der Waals surface area contributed by atoms with Crippen LogP contribution in [0, 0.1) is 5.82 Å². The van der Waals surface area contributed by atoms with Gasteiger partial charge in [-0.15, -0.1) is 0 Å². The first-order chi connectivity index (χ1) is 14.9. The number of alkyl halides is 2. The Kier molecular flexibility index (Phi) is 7.24. The van der Waals surface area contributed by atoms with Gasteiger partial charge in [-0.2, -0.15) is 13.9 Å². The molecule has 0 unspecified atom stereocenters. The standard InChI is InChI=1S/C20H17ClF3N3O4/c1-2-29-18-9-12(3-6-17(18)31-20(23)24)25-19(28)16-7-8-27(26-16)11-30-13-4-5-15(22)14(21)10-13/h3-10,20H,2,11H2,1H3,(H,25,28). The van der Waals surface area contributed by atoms with E-state index in [1.165, 1.54) is 53.3 Å². The number of anilines is 1. The second kappa shape index (κ2) is 10.1. The van der Waals surface area contributed by atoms with Crippen molar-refractivity contribution in [2.45, 2.75) is 20.3 Å². The summed E-state index contributed by atoms with van der Waals surface area (Å²) in [6, 6.07) is 9.42. The molecular formula is C20H17ClF3N3O4. The van der Waals surface area contributed by atoms with Crippen molar-refractivity contribution in [3.63, 3.8) is 0 Å². The zero-order valence-corrected chi connectivity index (χ0v) is 16.9. The van der Waals surface area contributed by atoms with Crippen molar-refractivity contribution < 1.29 is 32.2 Å². The normalized spacial score (nSPS) is 10.8. The lowest BCUT2D eigenvalue weighted by Crippen LogP contribution is -2.14. The van der Waals surface area contributed by atoms with E-state index < -0.39 is 18.3 Å². The van der Waals surface area contributed by atoms with E-state index in [2.05, 4.69) is 15.2 Å². The zero-order valence-electron chi connectivity index (χ0n) is 16.1. The molecule has 7 nitrogen and oxygen atoms in total. The first-order valence-corrected chi connectivity index (χ1v) is 9.38. The Bertz CT molecular complexity index is 1060. The molecule has 11 heteroatoms. The summed E-state index contributed by atoms with van der Waals surface area (Å²) in [6.45, 7) is -1.13. The predicted octanol–water partition coefficient (Wildman–Crippen LogP) is 4.96. The van der Waals surface area contributed by atoms with Crippen LogP contribution in [0.25, 0.3) is 0 Å². The fraction of sp³-hybridized carbons (Fsp3) is 0.200. The van der Waals surface area contributed by atoms with Gasteiger partial charge in [-0.1, -0.05) is 11.6 Å². The summed E-state index contributed by atoms with van der Waals surface area (Å²) < 4.78 is 54.7. The van der Waals surface area contributed by atoms with E-state index in [9.17, 15) is 18.0 Å². The highest BCUT2D eigenvalue weighted by molar-refractivity contribution is 6.30. The van der Waals surface area contributed by atoms with Gasteiger partial charge in [-0.25, -0.2) is 9.07 Å². The molecule has 0 spiro atoms. The molecule has 0 saturated heterocycles. The van der Waals surface area contributed by atoms with Gasteiger partial charge in [0.2, 0.25) is 0 Å². The second-order valence-electron chi connectivity index (χ2n) is 6.02. The number of nitrogens with zero attached hydrogens (tertiary/aromatic N) is 2. The van der Waals surface area contributed by atoms with Gasteiger partial charge in [0.25, 0.3) is 5.91 Å². The zero-order chi connectivity index (χ0) is 22.4. The first-order valence-electron chi connectivity index (χ1n) is 9.00. The molecule has 1 amide bonds. The number of amides is 1. The highest BCUT2D eigenvalue weighted by Gasteiger charge is 2.15. The summed E-state index contributed by atoms with van der Waals surface area (Å²) in [5, 5.41) is 6.62. The van der Waals surface area contributed by atoms with Crippen molar-refractivity contribution in [3.05, 3.63) is 65.2 Å². The number of hydrogen-bond acceptors (Lipinski definition) is 5. The fourth-order valence-corrected chi connectivity index (χ4v) is 2.68. The summed E-state index contributed by atoms with van der Waals surface area (Å²) in [5.74, 6) is -0.834. The molecule has 0 saturated carbocycles. The van der Waals surface area contributed by atoms with Gasteiger partial charge in [0, 0.05) is 24.0 Å². The predicted molar refractivity (Wildman–Crippen MR) is 106 cm³/mol. The molecule has 164 valence electrons. The number of carbonyl (C=O) groups is 1. The molecule has 0 fully saturated rings. The van der Waals surface area contributed by atoms with E-state index in [1.807, 2.05) is 0 Å². The number of rotatable bonds is 9. The average Bonchev–Trinajstić information content (AvgIpc) is 3.20. The van der Waals surface area contributed by atoms with Crippen molar-refractivity contribution in [3.8, 4) is 17.2 Å². The first kappa shape index (κ1) is 22.3. The Morgan fingerprint density at radius 3 is 2.68 bits per heavy atom. The number of hydrogen-bond donors (Lipinski definition) is 1. The molecule has 0 atom stereocenters. The van der Waals surface area contributed by atoms with Crippen LogP contribution in [0.3, 0.4) is 0 Å². The van der Waals surface area contributed by atoms with Gasteiger partial charge in [-0.3, -0.25) is 4.79 Å². The maximum Gasteiger partial charge on any atom is 0.387 e. The summed E-state index contributed by atoms with van der Waals surface area (Å²) >= 11 is 5.70. The van der Waals surface area contributed by atoms with Crippen molar-refractivity contribution in [1.29, 1.82) is 0 Å². The van der Waals surface area contributed by atoms with E-state index in [0.29, 0.717) is 11.4 Å². The number of halogens is 4. The Labute approximate surface area is 180 Å². The van der Waals surface area contributed by atoms with E-state index in [1.54, 1.807) is 6.92 Å². The topological polar surface area (TPSA) is 74.6 Å². The van der Waals surface area contributed by atoms with Crippen molar-refractivity contribution >= 4 is 23.2 Å². The lowest BCUT2D eigenvalue weighted by Gasteiger charge is -2.13. The molecule has 0 aliphatic heterocycles. The van der Waals surface area contributed by atoms with Crippen LogP contribution in [-0.4, -0.2) is 28.9 Å². The summed E-state index contributed by atoms with van der Waals surface area (Å²) in [6.07, 6.45) is 1.52. The molecule has 31 heavy (non-hydrogen) atoms. The molecule has 1 heterocycles. The number of carbonyl (C=O) groups excluding carboxylic acids is 1. The van der Waals surface area contributed by atoms with Crippen LogP contribution in [0.1, 0.15) is 17.4 Å². The molecule has 3 aromatic rings. The number of benzene rings is 2. The van der Waals surface area contributed by atoms with Gasteiger partial charge in [0.05, 0.1) is 11.6 Å². The van der Waals surface area contributed by atoms with Crippen LogP contribution < -0.4 is 19.5 Å². The molecule has 2 aromatic carbocycles. The average molecular weight is 456 g/mol. The van der Waals surface area contributed by atoms with Crippen LogP contribution in [0.2, 0.25) is 5.02 Å². The van der Waals surface area contributed by atoms with Crippen molar-refractivity contribution in [2.75, 3.05) is 11.9 Å². The lowest BCUT2D eigenvalue weighted by atomic mass is 10.2. The highest BCUT2D eigenvalue weighted by Crippen LogP contribution is 2.32. The molecule has 0 aliphatic rings. The van der Waals surface area contributed by atoms with E-state index in [4.69, 9.17) is 21.1 Å². The fourth-order valence-electron chi connectivity index (χ4n) is 2.50. The Balaban J connectivity index is 1.63. The Hall–Kier alpha value is -3.40. The number of ether oxygens (including phenoxy) is 3. The van der Waals surface area contributed by atoms with Crippen molar-refractivity contribution in [2.24, 2.45) is 0 Å². The number of aromatic nitrogens is 2. The SMILES string of the molecule is CCOc1cc(NC(=O)c2ccn(COc3ccc(F)c(Cl)c3)n2)ccc1OC(F)F. The monoisotopic (exact) mass is 455 g/mol. The third kappa shape index (κ3) is 6.05. The van der Waals surface area contributed by atoms with Crippen molar-refractivity contribution in [1.82, 2.24) is 9.78 Å². The lowest BCUT2D eigenvalue weighted by molar-refractivity contribution is -0.0514. The van der Waals surface area contributed by atoms with E-state index in [-0.39, 0.29) is 35.6 Å². The van der Waals surface area contributed by atoms with Crippen LogP contribution in [0.5, 0.6) is 17.2 Å². The van der Waals surface area contributed by atoms with Gasteiger partial charge < -0.3 is 19.5 Å². The minimum absolute atomic E-state index is 0.0383. The Morgan fingerprint density at radius 1 is 1.16 bits per heavy atom. The number of nitrogens with one attached hydrogen (secondary N) is 1. The highest BCUT2D eigenvalue weighted by atomic mass is 35.5. The smallest absolute Gasteiger partial charge is 0.387 e. The van der Waals surface area contributed by atoms with Gasteiger partial charge in [-0.05, 0) is 37.3 Å². The quantitative estimate of drug-likeness (QED) is 0.493. The van der Waals surface area contributed by atoms with Crippen LogP contribution in [0.4, 0.5) is 18.9 Å². The van der Waals surface area contributed by atoms with Crippen LogP contribution >= 0.6 is 11.6 Å². The molecule has 0 aliphatic carbocycles. The van der Waals surface area contributed by atoms with Crippen LogP contribution in [0.15, 0.2) is 48.7 Å². The van der Waals surface area contributed by atoms with Gasteiger partial charge in [0.15, 0.2) is 23.9 Å². The minimum atomic E-state index is -3.00. The van der Waals surface area contributed by atoms with Gasteiger partial charge in [0.1, 0.15) is 11.6 Å². The summed E-state index contributed by atoms with van der Waals surface area (Å²) in [4.78, 5) is 12.4. The van der Waals surface area contributed by atoms with Crippen LogP contribution in [-0.2, 0) is 6.73 Å². The molecule has 0 radical (unpaired) electrons. The maximum absolute atomic E-state index is 13.2. The largest absolute Gasteiger partial charge is 0.490 e. The Morgan fingerprint density at radius 2 is 1.97 bits per heavy atom. The molecular weight excluding hydrogens is 439 g/mol. The van der Waals surface area contributed by atoms with Gasteiger partial charge >= 0.3 is 6.61 Å². The second-order valence-corrected chi connectivity index (χ2v) is 6.42. The molecule has 0 bridgehead atoms. The summed E-state index contributed by atoms with van der Waals surface area (Å²) in [7, 11) is 0. The third-order valence-electron chi connectivity index (χ3n) is 3.85. The molecule has 1 N–H and O–H groups in total. The minimum Gasteiger partial charge on any atom is -0.490 e. The molecule has 1 aromatic heterocycles. The molecule has 3 rings (SSSR count).